The molecule has 8 nitrogen and oxygen atoms in total. The molecule has 1 fully saturated rings. The van der Waals surface area contributed by atoms with E-state index >= 15 is 0 Å². The fourth-order valence-electron chi connectivity index (χ4n) is 4.21. The van der Waals surface area contributed by atoms with Gasteiger partial charge in [-0.3, -0.25) is 14.5 Å². The summed E-state index contributed by atoms with van der Waals surface area (Å²) in [5.41, 5.74) is 1.19. The molecular formula is C28H24ClNO7. The van der Waals surface area contributed by atoms with Crippen molar-refractivity contribution < 1.29 is 33.7 Å². The summed E-state index contributed by atoms with van der Waals surface area (Å²) in [5, 5.41) is 11.7. The number of ketones is 1. The molecule has 4 rings (SSSR count). The predicted octanol–water partition coefficient (Wildman–Crippen LogP) is 5.16. The molecule has 0 bridgehead atoms. The second-order valence-corrected chi connectivity index (χ2v) is 8.49. The molecule has 3 aromatic carbocycles. The van der Waals surface area contributed by atoms with Crippen molar-refractivity contribution in [3.05, 3.63) is 94.0 Å². The van der Waals surface area contributed by atoms with E-state index in [0.29, 0.717) is 27.6 Å². The number of aliphatic hydroxyl groups excluding tert-OH is 1. The topological polar surface area (TPSA) is 102 Å². The van der Waals surface area contributed by atoms with Crippen molar-refractivity contribution in [3.8, 4) is 11.5 Å². The highest BCUT2D eigenvalue weighted by Gasteiger charge is 2.47. The quantitative estimate of drug-likeness (QED) is 0.198. The van der Waals surface area contributed by atoms with Crippen LogP contribution in [0.1, 0.15) is 34.5 Å². The average molecular weight is 522 g/mol. The van der Waals surface area contributed by atoms with Gasteiger partial charge in [0.15, 0.2) is 0 Å². The molecule has 0 spiro atoms. The molecule has 1 amide bonds. The number of amides is 1. The lowest BCUT2D eigenvalue weighted by molar-refractivity contribution is -0.132. The number of ether oxygens (including phenoxy) is 3. The number of halogens is 1. The summed E-state index contributed by atoms with van der Waals surface area (Å²) < 4.78 is 15.7. The molecule has 1 unspecified atom stereocenters. The number of methoxy groups -OCH3 is 2. The maximum Gasteiger partial charge on any atom is 0.338 e. The Bertz CT molecular complexity index is 1400. The van der Waals surface area contributed by atoms with Gasteiger partial charge in [0.1, 0.15) is 17.3 Å². The van der Waals surface area contributed by atoms with Gasteiger partial charge < -0.3 is 19.3 Å². The van der Waals surface area contributed by atoms with Crippen LogP contribution in [0.5, 0.6) is 11.5 Å². The van der Waals surface area contributed by atoms with Crippen molar-refractivity contribution >= 4 is 40.7 Å². The zero-order valence-corrected chi connectivity index (χ0v) is 21.1. The number of esters is 1. The van der Waals surface area contributed by atoms with E-state index in [1.165, 1.54) is 37.3 Å². The van der Waals surface area contributed by atoms with E-state index in [-0.39, 0.29) is 23.5 Å². The lowest BCUT2D eigenvalue weighted by Crippen LogP contribution is -2.29. The van der Waals surface area contributed by atoms with E-state index in [2.05, 4.69) is 0 Å². The number of carbonyl (C=O) groups is 3. The van der Waals surface area contributed by atoms with Crippen LogP contribution in [0, 0.1) is 0 Å². The summed E-state index contributed by atoms with van der Waals surface area (Å²) >= 11 is 6.16. The number of aliphatic hydroxyl groups is 1. The molecule has 1 saturated heterocycles. The van der Waals surface area contributed by atoms with Gasteiger partial charge in [0.2, 0.25) is 0 Å². The molecule has 0 saturated carbocycles. The van der Waals surface area contributed by atoms with E-state index in [1.807, 2.05) is 0 Å². The largest absolute Gasteiger partial charge is 0.507 e. The maximum absolute atomic E-state index is 13.4. The average Bonchev–Trinajstić information content (AvgIpc) is 3.18. The molecule has 1 aliphatic heterocycles. The normalized spacial score (nSPS) is 16.5. The molecule has 1 atom stereocenters. The van der Waals surface area contributed by atoms with Crippen molar-refractivity contribution in [1.82, 2.24) is 0 Å². The van der Waals surface area contributed by atoms with E-state index in [4.69, 9.17) is 25.8 Å². The molecular weight excluding hydrogens is 498 g/mol. The van der Waals surface area contributed by atoms with Gasteiger partial charge in [0, 0.05) is 10.7 Å². The fourth-order valence-corrected chi connectivity index (χ4v) is 4.38. The summed E-state index contributed by atoms with van der Waals surface area (Å²) in [7, 11) is 2.92. The van der Waals surface area contributed by atoms with Crippen LogP contribution in [0.2, 0.25) is 5.02 Å². The Balaban J connectivity index is 1.92. The number of Topliss-reactive ketones (excluding diaryl/α,β-unsaturated/α-hetero) is 1. The zero-order chi connectivity index (χ0) is 26.7. The first-order valence-electron chi connectivity index (χ1n) is 11.4. The molecule has 3 aromatic rings. The molecule has 0 radical (unpaired) electrons. The zero-order valence-electron chi connectivity index (χ0n) is 20.4. The first kappa shape index (κ1) is 25.8. The van der Waals surface area contributed by atoms with E-state index in [1.54, 1.807) is 55.5 Å². The maximum atomic E-state index is 13.4. The molecule has 0 aromatic heterocycles. The number of benzene rings is 3. The minimum Gasteiger partial charge on any atom is -0.507 e. The van der Waals surface area contributed by atoms with E-state index in [9.17, 15) is 19.5 Å². The molecule has 1 aliphatic rings. The summed E-state index contributed by atoms with van der Waals surface area (Å²) in [4.78, 5) is 40.2. The van der Waals surface area contributed by atoms with Gasteiger partial charge in [0.05, 0.1) is 43.6 Å². The number of rotatable bonds is 7. The molecule has 37 heavy (non-hydrogen) atoms. The minimum atomic E-state index is -1.01. The molecule has 0 aliphatic carbocycles. The van der Waals surface area contributed by atoms with Crippen LogP contribution in [-0.2, 0) is 14.3 Å². The van der Waals surface area contributed by atoms with Crippen LogP contribution < -0.4 is 14.4 Å². The number of nitrogens with zero attached hydrogens (tertiary/aromatic N) is 1. The van der Waals surface area contributed by atoms with Gasteiger partial charge in [-0.25, -0.2) is 4.79 Å². The Labute approximate surface area is 218 Å². The first-order chi connectivity index (χ1) is 17.8. The number of anilines is 1. The minimum absolute atomic E-state index is 0.145. The van der Waals surface area contributed by atoms with Crippen LogP contribution >= 0.6 is 11.6 Å². The Kier molecular flexibility index (Phi) is 7.50. The third-order valence-electron chi connectivity index (χ3n) is 5.93. The van der Waals surface area contributed by atoms with Crippen molar-refractivity contribution in [2.24, 2.45) is 0 Å². The standard InChI is InChI=1S/C28H24ClNO7/c1-4-37-28(34)16-8-11-19(12-9-16)30-24(17-6-5-7-20(14-17)35-2)23(26(32)27(30)33)25(31)21-15-18(29)10-13-22(21)36-3/h5-15,24,31H,4H2,1-3H3/b25-23+. The fraction of sp³-hybridized carbons (Fsp3) is 0.179. The number of carbonyl (C=O) groups excluding carboxylic acids is 3. The highest BCUT2D eigenvalue weighted by molar-refractivity contribution is 6.51. The first-order valence-corrected chi connectivity index (χ1v) is 11.7. The number of hydrogen-bond donors (Lipinski definition) is 1. The Morgan fingerprint density at radius 3 is 2.38 bits per heavy atom. The van der Waals surface area contributed by atoms with E-state index < -0.39 is 29.5 Å². The molecule has 9 heteroatoms. The summed E-state index contributed by atoms with van der Waals surface area (Å²) in [6.45, 7) is 1.92. The van der Waals surface area contributed by atoms with Crippen LogP contribution in [0.3, 0.4) is 0 Å². The highest BCUT2D eigenvalue weighted by atomic mass is 35.5. The van der Waals surface area contributed by atoms with Crippen LogP contribution in [0.4, 0.5) is 5.69 Å². The molecule has 1 N–H and O–H groups in total. The van der Waals surface area contributed by atoms with Crippen LogP contribution in [0.15, 0.2) is 72.3 Å². The summed E-state index contributed by atoms with van der Waals surface area (Å²) in [6, 6.07) is 16.6. The van der Waals surface area contributed by atoms with Crippen LogP contribution in [-0.4, -0.2) is 43.6 Å². The van der Waals surface area contributed by atoms with Crippen molar-refractivity contribution in [2.75, 3.05) is 25.7 Å². The summed E-state index contributed by atoms with van der Waals surface area (Å²) in [6.07, 6.45) is 0. The molecule has 1 heterocycles. The Morgan fingerprint density at radius 2 is 1.73 bits per heavy atom. The van der Waals surface area contributed by atoms with Gasteiger partial charge >= 0.3 is 5.97 Å². The smallest absolute Gasteiger partial charge is 0.338 e. The lowest BCUT2D eigenvalue weighted by Gasteiger charge is -2.26. The van der Waals surface area contributed by atoms with Gasteiger partial charge in [0.25, 0.3) is 11.7 Å². The SMILES string of the molecule is CCOC(=O)c1ccc(N2C(=O)C(=O)/C(=C(/O)c3cc(Cl)ccc3OC)C2c2cccc(OC)c2)cc1. The van der Waals surface area contributed by atoms with Crippen LogP contribution in [0.25, 0.3) is 5.76 Å². The van der Waals surface area contributed by atoms with Gasteiger partial charge in [-0.2, -0.15) is 0 Å². The Hall–Kier alpha value is -4.30. The third-order valence-corrected chi connectivity index (χ3v) is 6.16. The van der Waals surface area contributed by atoms with E-state index in [0.717, 1.165) is 0 Å². The summed E-state index contributed by atoms with van der Waals surface area (Å²) in [5.74, 6) is -1.90. The van der Waals surface area contributed by atoms with Gasteiger partial charge in [-0.1, -0.05) is 23.7 Å². The number of hydrogen-bond acceptors (Lipinski definition) is 7. The van der Waals surface area contributed by atoms with Gasteiger partial charge in [-0.05, 0) is 67.1 Å². The Morgan fingerprint density at radius 1 is 1.00 bits per heavy atom. The second-order valence-electron chi connectivity index (χ2n) is 8.06. The van der Waals surface area contributed by atoms with Crippen molar-refractivity contribution in [1.29, 1.82) is 0 Å². The second kappa shape index (κ2) is 10.8. The third kappa shape index (κ3) is 4.88. The monoisotopic (exact) mass is 521 g/mol. The molecule has 190 valence electrons. The predicted molar refractivity (Wildman–Crippen MR) is 138 cm³/mol. The lowest BCUT2D eigenvalue weighted by atomic mass is 9.94. The van der Waals surface area contributed by atoms with Gasteiger partial charge in [-0.15, -0.1) is 0 Å². The highest BCUT2D eigenvalue weighted by Crippen LogP contribution is 2.44. The van der Waals surface area contributed by atoms with Crippen molar-refractivity contribution in [2.45, 2.75) is 13.0 Å². The van der Waals surface area contributed by atoms with Crippen molar-refractivity contribution in [3.63, 3.8) is 0 Å².